The summed E-state index contributed by atoms with van der Waals surface area (Å²) in [5.74, 6) is -4.17. The van der Waals surface area contributed by atoms with Crippen LogP contribution >= 0.6 is 0 Å². The molecule has 0 aliphatic carbocycles. The molecule has 0 saturated carbocycles. The second kappa shape index (κ2) is 55.4. The molecule has 8 atom stereocenters. The van der Waals surface area contributed by atoms with Gasteiger partial charge in [0.25, 0.3) is 29.8 Å². The van der Waals surface area contributed by atoms with Crippen LogP contribution in [0.1, 0.15) is 34.6 Å². The van der Waals surface area contributed by atoms with Gasteiger partial charge in [-0.15, -0.1) is 0 Å². The Kier molecular flexibility index (Phi) is 75.1. The smallest absolute Gasteiger partial charge is 0.300 e. The largest absolute Gasteiger partial charge is 0.481 e. The Bertz CT molecular complexity index is 717. The van der Waals surface area contributed by atoms with E-state index in [1.807, 2.05) is 0 Å². The molecule has 25 nitrogen and oxygen atoms in total. The summed E-state index contributed by atoms with van der Waals surface area (Å²) in [7, 11) is 3.15. The Morgan fingerprint density at radius 2 is 0.630 bits per heavy atom. The molecule has 0 fully saturated rings. The van der Waals surface area contributed by atoms with Crippen LogP contribution in [-0.4, -0.2) is 222 Å². The Morgan fingerprint density at radius 3 is 0.759 bits per heavy atom. The second-order valence-electron chi connectivity index (χ2n) is 9.63. The number of rotatable bonds is 16. The van der Waals surface area contributed by atoms with Crippen molar-refractivity contribution in [3.63, 3.8) is 0 Å². The molecule has 0 aromatic rings. The topological polar surface area (TPSA) is 477 Å². The Labute approximate surface area is 346 Å². The van der Waals surface area contributed by atoms with Crippen molar-refractivity contribution in [1.29, 1.82) is 0 Å². The van der Waals surface area contributed by atoms with Crippen LogP contribution < -0.4 is 27.4 Å². The van der Waals surface area contributed by atoms with Crippen LogP contribution in [0.2, 0.25) is 0 Å². The molecule has 22 N–H and O–H groups in total. The number of nitrogens with two attached hydrogens (primary N) is 2. The standard InChI is InChI=1S/2C7H17NO5.C4H13N3.5C2H4O2.Gd/c2*1-8-2-4(10)6(12)7(13)5(11)3-9;5-1-3-7-4-2-6;5*1-2(3)4;/h2*4-13H,2-3H2,1H3;7H,1-6H2;5*1H3,(H,3,4);/t2*4-,5+,6+,7+;;;;;;;/m00......./s1. The summed E-state index contributed by atoms with van der Waals surface area (Å²) in [4.78, 5) is 45.0. The number of aliphatic carboxylic acids is 5. The molecular weight excluding hydrogens is 884 g/mol. The third-order valence-electron chi connectivity index (χ3n) is 4.12. The van der Waals surface area contributed by atoms with Crippen molar-refractivity contribution in [3.8, 4) is 0 Å². The number of carbonyl (C=O) groups is 5. The van der Waals surface area contributed by atoms with E-state index < -0.39 is 91.9 Å². The molecule has 0 radical (unpaired) electrons. The van der Waals surface area contributed by atoms with Gasteiger partial charge in [0, 0.05) is 114 Å². The predicted molar refractivity (Wildman–Crippen MR) is 188 cm³/mol. The van der Waals surface area contributed by atoms with Gasteiger partial charge in [-0.2, -0.15) is 0 Å². The number of carboxylic acid groups (broad SMARTS) is 5. The summed E-state index contributed by atoms with van der Waals surface area (Å²) in [6.07, 6.45) is -11.3. The zero-order valence-electron chi connectivity index (χ0n) is 31.5. The fraction of sp³-hybridized carbons (Fsp3) is 0.821. The zero-order chi connectivity index (χ0) is 44.3. The number of aliphatic hydroxyl groups is 10. The van der Waals surface area contributed by atoms with Crippen LogP contribution in [0.15, 0.2) is 0 Å². The molecule has 332 valence electrons. The van der Waals surface area contributed by atoms with Gasteiger partial charge in [-0.3, -0.25) is 24.0 Å². The fourth-order valence-electron chi connectivity index (χ4n) is 2.12. The normalized spacial score (nSPS) is 13.5. The first-order chi connectivity index (χ1) is 24.2. The number of nitrogens with one attached hydrogen (secondary N) is 3. The quantitative estimate of drug-likeness (QED) is 0.0639. The predicted octanol–water partition coefficient (Wildman–Crippen LogP) is -7.77. The maximum Gasteiger partial charge on any atom is 0.300 e. The SMILES string of the molecule is CC(=O)O.CC(=O)O.CC(=O)O.CC(=O)O.CC(=O)O.CNC[C@H](O)[C@@H](O)[C@H](O)[C@H](O)CO.CNC[C@H](O)[C@@H](O)[C@H](O)[C@H](O)CO.NCCNCCN.[Gd]. The van der Waals surface area contributed by atoms with Crippen molar-refractivity contribution in [2.75, 3.05) is 66.6 Å². The minimum Gasteiger partial charge on any atom is -0.481 e. The van der Waals surface area contributed by atoms with Gasteiger partial charge in [0.1, 0.15) is 36.6 Å². The van der Waals surface area contributed by atoms with Crippen molar-refractivity contribution in [3.05, 3.63) is 0 Å². The first-order valence-electron chi connectivity index (χ1n) is 15.2. The van der Waals surface area contributed by atoms with Gasteiger partial charge in [-0.1, -0.05) is 0 Å². The van der Waals surface area contributed by atoms with Crippen molar-refractivity contribution >= 4 is 29.8 Å². The van der Waals surface area contributed by atoms with E-state index in [9.17, 15) is 10.2 Å². The molecule has 0 amide bonds. The van der Waals surface area contributed by atoms with Crippen molar-refractivity contribution in [2.24, 2.45) is 11.5 Å². The minimum atomic E-state index is -1.55. The third kappa shape index (κ3) is 92.7. The average molecular weight is 951 g/mol. The summed E-state index contributed by atoms with van der Waals surface area (Å²) < 4.78 is 0. The summed E-state index contributed by atoms with van der Waals surface area (Å²) in [6, 6.07) is 0. The second-order valence-corrected chi connectivity index (χ2v) is 9.63. The Hall–Kier alpha value is -1.93. The molecule has 0 aliphatic rings. The third-order valence-corrected chi connectivity index (χ3v) is 4.12. The first-order valence-corrected chi connectivity index (χ1v) is 15.2. The number of carboxylic acids is 5. The molecule has 0 aromatic heterocycles. The molecule has 0 rings (SSSR count). The van der Waals surface area contributed by atoms with Crippen molar-refractivity contribution in [1.82, 2.24) is 16.0 Å². The van der Waals surface area contributed by atoms with E-state index in [1.165, 1.54) is 0 Å². The zero-order valence-corrected chi connectivity index (χ0v) is 33.8. The summed E-state index contributed by atoms with van der Waals surface area (Å²) >= 11 is 0. The maximum absolute atomic E-state index is 9.21. The molecule has 0 spiro atoms. The van der Waals surface area contributed by atoms with E-state index in [0.717, 1.165) is 47.7 Å². The van der Waals surface area contributed by atoms with E-state index in [1.54, 1.807) is 14.1 Å². The molecule has 0 aromatic carbocycles. The molecule has 0 heterocycles. The van der Waals surface area contributed by atoms with Crippen LogP contribution in [0.4, 0.5) is 0 Å². The molecule has 0 unspecified atom stereocenters. The van der Waals surface area contributed by atoms with Crippen LogP contribution in [-0.2, 0) is 24.0 Å². The molecule has 54 heavy (non-hydrogen) atoms. The van der Waals surface area contributed by atoms with Crippen molar-refractivity contribution < 1.29 is 141 Å². The first kappa shape index (κ1) is 73.2. The fourth-order valence-corrected chi connectivity index (χ4v) is 2.12. The number of hydrogen-bond acceptors (Lipinski definition) is 20. The minimum absolute atomic E-state index is 0. The van der Waals surface area contributed by atoms with E-state index >= 15 is 0 Å². The van der Waals surface area contributed by atoms with E-state index in [4.69, 9.17) is 102 Å². The van der Waals surface area contributed by atoms with Gasteiger partial charge in [0.2, 0.25) is 0 Å². The summed E-state index contributed by atoms with van der Waals surface area (Å²) in [6.45, 7) is 7.41. The van der Waals surface area contributed by atoms with Crippen LogP contribution in [0.5, 0.6) is 0 Å². The number of aliphatic hydroxyl groups excluding tert-OH is 10. The monoisotopic (exact) mass is 951 g/mol. The molecule has 26 heteroatoms. The van der Waals surface area contributed by atoms with Gasteiger partial charge >= 0.3 is 0 Å². The average Bonchev–Trinajstić information content (AvgIpc) is 3.02. The molecular formula is C28H67GdN5O20. The molecule has 0 aliphatic heterocycles. The van der Waals surface area contributed by atoms with Gasteiger partial charge in [0.15, 0.2) is 0 Å². The van der Waals surface area contributed by atoms with Crippen LogP contribution in [0.25, 0.3) is 0 Å². The summed E-state index contributed by atoms with van der Waals surface area (Å²) in [5.41, 5.74) is 10.3. The van der Waals surface area contributed by atoms with Crippen LogP contribution in [0.3, 0.4) is 0 Å². The number of likely N-dealkylation sites (N-methyl/N-ethyl adjacent to an activating group) is 2. The van der Waals surface area contributed by atoms with E-state index in [2.05, 4.69) is 16.0 Å². The van der Waals surface area contributed by atoms with Gasteiger partial charge in [-0.25, -0.2) is 0 Å². The van der Waals surface area contributed by atoms with E-state index in [-0.39, 0.29) is 53.0 Å². The maximum atomic E-state index is 9.21. The van der Waals surface area contributed by atoms with Gasteiger partial charge in [0.05, 0.1) is 25.4 Å². The van der Waals surface area contributed by atoms with Crippen LogP contribution in [0, 0.1) is 39.9 Å². The van der Waals surface area contributed by atoms with E-state index in [0.29, 0.717) is 13.1 Å². The Morgan fingerprint density at radius 1 is 0.463 bits per heavy atom. The molecule has 0 bridgehead atoms. The number of hydrogen-bond donors (Lipinski definition) is 20. The van der Waals surface area contributed by atoms with Gasteiger partial charge in [-0.05, 0) is 14.1 Å². The summed E-state index contributed by atoms with van der Waals surface area (Å²) in [5, 5.41) is 135. The molecule has 0 saturated heterocycles. The Balaban J connectivity index is -0.0000000651. The van der Waals surface area contributed by atoms with Gasteiger partial charge < -0.3 is 104 Å². The van der Waals surface area contributed by atoms with Crippen molar-refractivity contribution in [2.45, 2.75) is 83.5 Å².